The van der Waals surface area contributed by atoms with Crippen molar-refractivity contribution in [3.8, 4) is 0 Å². The first-order chi connectivity index (χ1) is 13.9. The van der Waals surface area contributed by atoms with Crippen LogP contribution in [-0.2, 0) is 16.1 Å². The van der Waals surface area contributed by atoms with Crippen LogP contribution < -0.4 is 22.3 Å². The number of esters is 1. The first-order valence-electron chi connectivity index (χ1n) is 10.3. The molecule has 162 valence electrons. The van der Waals surface area contributed by atoms with Gasteiger partial charge in [0, 0.05) is 11.3 Å². The number of benzene rings is 2. The van der Waals surface area contributed by atoms with E-state index in [1.807, 2.05) is 50.2 Å². The summed E-state index contributed by atoms with van der Waals surface area (Å²) in [6.07, 6.45) is 3.38. The van der Waals surface area contributed by atoms with Gasteiger partial charge in [-0.2, -0.15) is 0 Å². The molecule has 1 saturated heterocycles. The molecule has 6 heteroatoms. The van der Waals surface area contributed by atoms with Crippen molar-refractivity contribution < 1.29 is 35.8 Å². The lowest BCUT2D eigenvalue weighted by Crippen LogP contribution is -3.00. The fourth-order valence-corrected chi connectivity index (χ4v) is 4.38. The van der Waals surface area contributed by atoms with E-state index in [1.165, 1.54) is 13.5 Å². The lowest BCUT2D eigenvalue weighted by molar-refractivity contribution is -0.937. The molecule has 1 heterocycles. The molecule has 0 spiro atoms. The molecule has 1 aliphatic rings. The van der Waals surface area contributed by atoms with Crippen LogP contribution in [0.1, 0.15) is 46.3 Å². The second-order valence-corrected chi connectivity index (χ2v) is 8.13. The van der Waals surface area contributed by atoms with Gasteiger partial charge in [-0.05, 0) is 50.3 Å². The number of halogens is 1. The van der Waals surface area contributed by atoms with Crippen molar-refractivity contribution in [2.75, 3.05) is 32.1 Å². The van der Waals surface area contributed by atoms with E-state index in [0.717, 1.165) is 48.3 Å². The maximum Gasteiger partial charge on any atom is 0.338 e. The van der Waals surface area contributed by atoms with Gasteiger partial charge in [0.2, 0.25) is 0 Å². The summed E-state index contributed by atoms with van der Waals surface area (Å²) in [5.41, 5.74) is 4.58. The molecule has 0 radical (unpaired) electrons. The van der Waals surface area contributed by atoms with Gasteiger partial charge < -0.3 is 31.5 Å². The lowest BCUT2D eigenvalue weighted by Gasteiger charge is -2.41. The van der Waals surface area contributed by atoms with Gasteiger partial charge in [0.05, 0.1) is 25.8 Å². The molecule has 1 N–H and O–H groups in total. The number of hydrogen-bond donors (Lipinski definition) is 1. The van der Waals surface area contributed by atoms with Gasteiger partial charge in [0.15, 0.2) is 6.54 Å². The Morgan fingerprint density at radius 2 is 1.60 bits per heavy atom. The number of anilines is 1. The normalized spacial score (nSPS) is 15.0. The Morgan fingerprint density at radius 3 is 2.23 bits per heavy atom. The molecular weight excluding hydrogens is 444 g/mol. The highest BCUT2D eigenvalue weighted by molar-refractivity contribution is 5.93. The molecular formula is C24H31BrN2O3. The minimum absolute atomic E-state index is 0. The third-order valence-electron chi connectivity index (χ3n) is 5.92. The second kappa shape index (κ2) is 10.7. The van der Waals surface area contributed by atoms with Gasteiger partial charge in [0.1, 0.15) is 6.54 Å². The van der Waals surface area contributed by atoms with Crippen LogP contribution in [0.5, 0.6) is 0 Å². The van der Waals surface area contributed by atoms with Gasteiger partial charge in [-0.3, -0.25) is 4.79 Å². The second-order valence-electron chi connectivity index (χ2n) is 8.13. The van der Waals surface area contributed by atoms with E-state index in [-0.39, 0.29) is 28.9 Å². The van der Waals surface area contributed by atoms with E-state index in [0.29, 0.717) is 23.1 Å². The molecule has 0 bridgehead atoms. The van der Waals surface area contributed by atoms with Gasteiger partial charge in [-0.15, -0.1) is 0 Å². The van der Waals surface area contributed by atoms with Crippen LogP contribution in [0.4, 0.5) is 5.69 Å². The molecule has 30 heavy (non-hydrogen) atoms. The summed E-state index contributed by atoms with van der Waals surface area (Å²) in [6.45, 7) is 6.97. The minimum Gasteiger partial charge on any atom is -1.00 e. The predicted octanol–water partition coefficient (Wildman–Crippen LogP) is 1.23. The van der Waals surface area contributed by atoms with E-state index in [9.17, 15) is 9.59 Å². The number of rotatable bonds is 6. The molecule has 0 aromatic heterocycles. The Balaban J connectivity index is 0.00000320. The van der Waals surface area contributed by atoms with Crippen LogP contribution in [0.15, 0.2) is 42.5 Å². The smallest absolute Gasteiger partial charge is 0.338 e. The number of hydrogen-bond acceptors (Lipinski definition) is 3. The van der Waals surface area contributed by atoms with E-state index >= 15 is 0 Å². The van der Waals surface area contributed by atoms with Crippen molar-refractivity contribution in [3.05, 3.63) is 64.7 Å². The average Bonchev–Trinajstić information content (AvgIpc) is 2.71. The molecule has 1 fully saturated rings. The van der Waals surface area contributed by atoms with Crippen molar-refractivity contribution in [2.24, 2.45) is 0 Å². The van der Waals surface area contributed by atoms with Crippen molar-refractivity contribution in [1.29, 1.82) is 0 Å². The number of piperidine rings is 1. The number of carbonyl (C=O) groups excluding carboxylic acids is 2. The minimum atomic E-state index is -0.323. The zero-order valence-corrected chi connectivity index (χ0v) is 19.6. The summed E-state index contributed by atoms with van der Waals surface area (Å²) in [4.78, 5) is 25.2. The Morgan fingerprint density at radius 1 is 0.967 bits per heavy atom. The Bertz CT molecular complexity index is 872. The fourth-order valence-electron chi connectivity index (χ4n) is 4.38. The van der Waals surface area contributed by atoms with Gasteiger partial charge >= 0.3 is 5.97 Å². The summed E-state index contributed by atoms with van der Waals surface area (Å²) < 4.78 is 5.63. The number of amides is 1. The third kappa shape index (κ3) is 5.70. The highest BCUT2D eigenvalue weighted by atomic mass is 79.9. The first-order valence-corrected chi connectivity index (χ1v) is 10.3. The molecule has 3 rings (SSSR count). The Hall–Kier alpha value is -2.18. The van der Waals surface area contributed by atoms with Gasteiger partial charge in [0.25, 0.3) is 5.91 Å². The van der Waals surface area contributed by atoms with Crippen molar-refractivity contribution in [2.45, 2.75) is 39.7 Å². The average molecular weight is 475 g/mol. The van der Waals surface area contributed by atoms with E-state index < -0.39 is 0 Å². The number of aryl methyl sites for hydroxylation is 2. The van der Waals surface area contributed by atoms with Crippen molar-refractivity contribution >= 4 is 17.6 Å². The predicted molar refractivity (Wildman–Crippen MR) is 115 cm³/mol. The standard InChI is InChI=1S/C24H30N2O3.BrH/c1-18-10-9-11-19(2)23(18)25-22(27)17-26(14-7-4-8-15-26)16-20-12-5-6-13-21(20)24(28)29-3;/h5-6,9-13H,4,7-8,14-17H2,1-3H3;1H. The van der Waals surface area contributed by atoms with E-state index in [1.54, 1.807) is 6.07 Å². The molecule has 2 aromatic carbocycles. The van der Waals surface area contributed by atoms with E-state index in [4.69, 9.17) is 4.74 Å². The Kier molecular flexibility index (Phi) is 8.62. The first kappa shape index (κ1) is 24.1. The third-order valence-corrected chi connectivity index (χ3v) is 5.92. The number of nitrogens with zero attached hydrogens (tertiary/aromatic N) is 1. The summed E-state index contributed by atoms with van der Waals surface area (Å²) in [6, 6.07) is 13.6. The number of carbonyl (C=O) groups is 2. The summed E-state index contributed by atoms with van der Waals surface area (Å²) in [7, 11) is 1.41. The number of likely N-dealkylation sites (tertiary alicyclic amines) is 1. The molecule has 1 aliphatic heterocycles. The van der Waals surface area contributed by atoms with Crippen molar-refractivity contribution in [3.63, 3.8) is 0 Å². The van der Waals surface area contributed by atoms with Crippen LogP contribution in [0, 0.1) is 13.8 Å². The van der Waals surface area contributed by atoms with Crippen molar-refractivity contribution in [1.82, 2.24) is 0 Å². The maximum atomic E-state index is 13.0. The molecule has 0 unspecified atom stereocenters. The zero-order valence-electron chi connectivity index (χ0n) is 18.0. The lowest BCUT2D eigenvalue weighted by atomic mass is 10.0. The highest BCUT2D eigenvalue weighted by Gasteiger charge is 2.34. The van der Waals surface area contributed by atoms with Gasteiger partial charge in [-0.1, -0.05) is 36.4 Å². The SMILES string of the molecule is COC(=O)c1ccccc1C[N+]1(CC(=O)Nc2c(C)cccc2C)CCCCC1.[Br-]. The van der Waals surface area contributed by atoms with Crippen LogP contribution in [0.25, 0.3) is 0 Å². The summed E-state index contributed by atoms with van der Waals surface area (Å²) >= 11 is 0. The number of quaternary nitrogens is 1. The quantitative estimate of drug-likeness (QED) is 0.506. The number of methoxy groups -OCH3 is 1. The van der Waals surface area contributed by atoms with Crippen LogP contribution in [0.2, 0.25) is 0 Å². The number of nitrogens with one attached hydrogen (secondary N) is 1. The van der Waals surface area contributed by atoms with Gasteiger partial charge in [-0.25, -0.2) is 4.79 Å². The topological polar surface area (TPSA) is 55.4 Å². The maximum absolute atomic E-state index is 13.0. The number of ether oxygens (including phenoxy) is 1. The van der Waals surface area contributed by atoms with E-state index in [2.05, 4.69) is 5.32 Å². The van der Waals surface area contributed by atoms with Crippen LogP contribution in [-0.4, -0.2) is 43.1 Å². The number of para-hydroxylation sites is 1. The molecule has 1 amide bonds. The molecule has 0 atom stereocenters. The molecule has 0 saturated carbocycles. The Labute approximate surface area is 189 Å². The van der Waals surface area contributed by atoms with Crippen LogP contribution >= 0.6 is 0 Å². The summed E-state index contributed by atoms with van der Waals surface area (Å²) in [5, 5.41) is 3.14. The molecule has 0 aliphatic carbocycles. The van der Waals surface area contributed by atoms with Crippen LogP contribution in [0.3, 0.4) is 0 Å². The largest absolute Gasteiger partial charge is 1.00 e. The fraction of sp³-hybridized carbons (Fsp3) is 0.417. The molecule has 5 nitrogen and oxygen atoms in total. The monoisotopic (exact) mass is 474 g/mol. The summed E-state index contributed by atoms with van der Waals surface area (Å²) in [5.74, 6) is -0.296. The molecule has 2 aromatic rings. The highest BCUT2D eigenvalue weighted by Crippen LogP contribution is 2.26. The zero-order chi connectivity index (χ0) is 20.9.